The highest BCUT2D eigenvalue weighted by molar-refractivity contribution is 7.89. The topological polar surface area (TPSA) is 137 Å². The molecular formula is C30H37N5O4S. The standard InChI is InChI=1S/C30H37N5O4S/c1-2-3-4-12-28(36)34-15-17-35(18-16-34)30(37)27(20-22-8-7-11-25(19-22)29(31)32)33-40(38,39)26-14-13-23-9-5-6-10-24(23)21-26/h5-11,13-14,19,21,27,33H,2-4,12,15-18,20H2,1H3,(H3,31,32)/t27-/m0/s1. The van der Waals surface area contributed by atoms with Crippen LogP contribution in [-0.4, -0.2) is 68.1 Å². The smallest absolute Gasteiger partial charge is 0.241 e. The van der Waals surface area contributed by atoms with Gasteiger partial charge in [-0.2, -0.15) is 4.72 Å². The van der Waals surface area contributed by atoms with Crippen LogP contribution in [0.25, 0.3) is 10.8 Å². The van der Waals surface area contributed by atoms with Crippen LogP contribution >= 0.6 is 0 Å². The molecule has 0 saturated carbocycles. The summed E-state index contributed by atoms with van der Waals surface area (Å²) in [5.74, 6) is -0.368. The highest BCUT2D eigenvalue weighted by Crippen LogP contribution is 2.20. The van der Waals surface area contributed by atoms with Gasteiger partial charge in [0, 0.05) is 38.2 Å². The quantitative estimate of drug-likeness (QED) is 0.187. The maximum Gasteiger partial charge on any atom is 0.241 e. The van der Waals surface area contributed by atoms with Gasteiger partial charge in [-0.1, -0.05) is 68.3 Å². The third-order valence-corrected chi connectivity index (χ3v) is 8.71. The summed E-state index contributed by atoms with van der Waals surface area (Å²) in [5.41, 5.74) is 6.83. The minimum Gasteiger partial charge on any atom is -0.384 e. The molecule has 0 spiro atoms. The Morgan fingerprint density at radius 2 is 1.62 bits per heavy atom. The summed E-state index contributed by atoms with van der Waals surface area (Å²) in [7, 11) is -4.05. The van der Waals surface area contributed by atoms with E-state index in [9.17, 15) is 18.0 Å². The van der Waals surface area contributed by atoms with Gasteiger partial charge < -0.3 is 15.5 Å². The number of nitrogens with zero attached hydrogens (tertiary/aromatic N) is 2. The Hall–Kier alpha value is -3.76. The first-order valence-corrected chi connectivity index (χ1v) is 15.2. The molecule has 3 aromatic carbocycles. The molecule has 0 radical (unpaired) electrons. The van der Waals surface area contributed by atoms with E-state index in [1.54, 1.807) is 46.2 Å². The van der Waals surface area contributed by atoms with Gasteiger partial charge in [0.2, 0.25) is 21.8 Å². The molecule has 2 amide bonds. The molecule has 1 atom stereocenters. The first-order chi connectivity index (χ1) is 19.2. The maximum absolute atomic E-state index is 13.8. The number of hydrogen-bond donors (Lipinski definition) is 3. The number of unbranched alkanes of at least 4 members (excludes halogenated alkanes) is 2. The van der Waals surface area contributed by atoms with Crippen molar-refractivity contribution in [2.45, 2.75) is 50.0 Å². The Bertz CT molecular complexity index is 1480. The van der Waals surface area contributed by atoms with Gasteiger partial charge in [-0.3, -0.25) is 15.0 Å². The Balaban J connectivity index is 1.54. The van der Waals surface area contributed by atoms with Gasteiger partial charge in [0.25, 0.3) is 0 Å². The lowest BCUT2D eigenvalue weighted by atomic mass is 10.0. The summed E-state index contributed by atoms with van der Waals surface area (Å²) >= 11 is 0. The van der Waals surface area contributed by atoms with Gasteiger partial charge in [-0.15, -0.1) is 0 Å². The second-order valence-electron chi connectivity index (χ2n) is 10.2. The second-order valence-corrected chi connectivity index (χ2v) is 11.9. The summed E-state index contributed by atoms with van der Waals surface area (Å²) in [6.07, 6.45) is 3.49. The lowest BCUT2D eigenvalue weighted by Gasteiger charge is -2.36. The van der Waals surface area contributed by atoms with Crippen molar-refractivity contribution in [3.63, 3.8) is 0 Å². The number of carbonyl (C=O) groups excluding carboxylic acids is 2. The zero-order valence-electron chi connectivity index (χ0n) is 22.8. The molecule has 1 aliphatic heterocycles. The van der Waals surface area contributed by atoms with Crippen molar-refractivity contribution in [2.75, 3.05) is 26.2 Å². The summed E-state index contributed by atoms with van der Waals surface area (Å²) in [4.78, 5) is 29.8. The number of nitrogens with two attached hydrogens (primary N) is 1. The largest absolute Gasteiger partial charge is 0.384 e. The molecule has 4 N–H and O–H groups in total. The molecule has 212 valence electrons. The van der Waals surface area contributed by atoms with E-state index in [1.165, 1.54) is 6.07 Å². The van der Waals surface area contributed by atoms with E-state index in [0.717, 1.165) is 30.0 Å². The molecule has 1 aliphatic rings. The fourth-order valence-electron chi connectivity index (χ4n) is 4.95. The summed E-state index contributed by atoms with van der Waals surface area (Å²) in [6, 6.07) is 18.2. The fraction of sp³-hybridized carbons (Fsp3) is 0.367. The van der Waals surface area contributed by atoms with E-state index in [0.29, 0.717) is 43.7 Å². The van der Waals surface area contributed by atoms with Crippen LogP contribution in [0.4, 0.5) is 0 Å². The SMILES string of the molecule is CCCCCC(=O)N1CCN(C(=O)[C@H](Cc2cccc(C(=N)N)c2)NS(=O)(=O)c2ccc3ccccc3c2)CC1. The van der Waals surface area contributed by atoms with Gasteiger partial charge in [-0.05, 0) is 47.4 Å². The molecule has 1 saturated heterocycles. The van der Waals surface area contributed by atoms with Gasteiger partial charge in [-0.25, -0.2) is 8.42 Å². The monoisotopic (exact) mass is 563 g/mol. The van der Waals surface area contributed by atoms with Crippen LogP contribution in [0.5, 0.6) is 0 Å². The van der Waals surface area contributed by atoms with Crippen LogP contribution in [0.15, 0.2) is 71.6 Å². The van der Waals surface area contributed by atoms with Crippen molar-refractivity contribution in [1.82, 2.24) is 14.5 Å². The van der Waals surface area contributed by atoms with E-state index >= 15 is 0 Å². The normalized spacial score (nSPS) is 14.7. The number of fused-ring (bicyclic) bond motifs is 1. The predicted molar refractivity (Wildman–Crippen MR) is 157 cm³/mol. The minimum atomic E-state index is -4.05. The van der Waals surface area contributed by atoms with Crippen molar-refractivity contribution in [1.29, 1.82) is 5.41 Å². The Kier molecular flexibility index (Phi) is 9.54. The number of nitrogens with one attached hydrogen (secondary N) is 2. The van der Waals surface area contributed by atoms with Crippen LogP contribution < -0.4 is 10.5 Å². The van der Waals surface area contributed by atoms with E-state index in [-0.39, 0.29) is 29.0 Å². The zero-order valence-corrected chi connectivity index (χ0v) is 23.6. The van der Waals surface area contributed by atoms with Gasteiger partial charge >= 0.3 is 0 Å². The van der Waals surface area contributed by atoms with Crippen LogP contribution in [0, 0.1) is 5.41 Å². The number of piperazine rings is 1. The molecule has 1 fully saturated rings. The maximum atomic E-state index is 13.8. The Morgan fingerprint density at radius 1 is 0.925 bits per heavy atom. The molecule has 40 heavy (non-hydrogen) atoms. The van der Waals surface area contributed by atoms with Crippen molar-refractivity contribution >= 4 is 38.4 Å². The number of sulfonamides is 1. The zero-order chi connectivity index (χ0) is 28.7. The molecule has 0 aromatic heterocycles. The van der Waals surface area contributed by atoms with Crippen molar-refractivity contribution in [3.05, 3.63) is 77.9 Å². The molecule has 0 bridgehead atoms. The first-order valence-electron chi connectivity index (χ1n) is 13.7. The number of nitrogen functional groups attached to an aromatic ring is 1. The Morgan fingerprint density at radius 3 is 2.33 bits per heavy atom. The highest BCUT2D eigenvalue weighted by atomic mass is 32.2. The number of hydrogen-bond acceptors (Lipinski definition) is 5. The van der Waals surface area contributed by atoms with Gasteiger partial charge in [0.15, 0.2) is 0 Å². The highest BCUT2D eigenvalue weighted by Gasteiger charge is 2.32. The number of carbonyl (C=O) groups is 2. The lowest BCUT2D eigenvalue weighted by molar-refractivity contribution is -0.140. The molecular weight excluding hydrogens is 526 g/mol. The molecule has 10 heteroatoms. The average Bonchev–Trinajstić information content (AvgIpc) is 2.96. The molecule has 4 rings (SSSR count). The van der Waals surface area contributed by atoms with Crippen LogP contribution in [0.3, 0.4) is 0 Å². The number of rotatable bonds is 11. The van der Waals surface area contributed by atoms with Gasteiger partial charge in [0.1, 0.15) is 11.9 Å². The van der Waals surface area contributed by atoms with E-state index < -0.39 is 16.1 Å². The molecule has 0 unspecified atom stereocenters. The molecule has 9 nitrogen and oxygen atoms in total. The number of amidine groups is 1. The second kappa shape index (κ2) is 13.1. The summed E-state index contributed by atoms with van der Waals surface area (Å²) in [6.45, 7) is 3.59. The Labute approximate surface area is 235 Å². The summed E-state index contributed by atoms with van der Waals surface area (Å²) in [5, 5.41) is 9.44. The predicted octanol–water partition coefficient (Wildman–Crippen LogP) is 3.26. The minimum absolute atomic E-state index is 0.0731. The fourth-order valence-corrected chi connectivity index (χ4v) is 6.18. The molecule has 1 heterocycles. The van der Waals surface area contributed by atoms with Crippen LogP contribution in [0.2, 0.25) is 0 Å². The third-order valence-electron chi connectivity index (χ3n) is 7.24. The van der Waals surface area contributed by atoms with Gasteiger partial charge in [0.05, 0.1) is 4.90 Å². The molecule has 3 aromatic rings. The van der Waals surface area contributed by atoms with Crippen LogP contribution in [0.1, 0.15) is 43.7 Å². The lowest BCUT2D eigenvalue weighted by Crippen LogP contribution is -2.56. The average molecular weight is 564 g/mol. The number of benzene rings is 3. The van der Waals surface area contributed by atoms with Crippen molar-refractivity contribution in [2.24, 2.45) is 5.73 Å². The number of amides is 2. The van der Waals surface area contributed by atoms with E-state index in [1.807, 2.05) is 24.3 Å². The van der Waals surface area contributed by atoms with Crippen molar-refractivity contribution in [3.8, 4) is 0 Å². The van der Waals surface area contributed by atoms with Crippen LogP contribution in [-0.2, 0) is 26.0 Å². The van der Waals surface area contributed by atoms with Crippen molar-refractivity contribution < 1.29 is 18.0 Å². The van der Waals surface area contributed by atoms with E-state index in [4.69, 9.17) is 11.1 Å². The summed E-state index contributed by atoms with van der Waals surface area (Å²) < 4.78 is 29.7. The van der Waals surface area contributed by atoms with E-state index in [2.05, 4.69) is 11.6 Å². The molecule has 0 aliphatic carbocycles. The first kappa shape index (κ1) is 29.2. The third kappa shape index (κ3) is 7.25.